The molecule has 0 saturated carbocycles. The van der Waals surface area contributed by atoms with Crippen LogP contribution in [0.15, 0.2) is 42.7 Å². The number of nitrogens with one attached hydrogen (secondary N) is 1. The molecule has 0 amide bonds. The van der Waals surface area contributed by atoms with Gasteiger partial charge in [0.1, 0.15) is 5.82 Å². The number of nitrogens with zero attached hydrogens (tertiary/aromatic N) is 2. The van der Waals surface area contributed by atoms with Gasteiger partial charge in [0, 0.05) is 23.5 Å². The Bertz CT molecular complexity index is 473. The van der Waals surface area contributed by atoms with Gasteiger partial charge in [-0.15, -0.1) is 0 Å². The molecule has 1 aromatic carbocycles. The van der Waals surface area contributed by atoms with Gasteiger partial charge in [-0.05, 0) is 24.6 Å². The van der Waals surface area contributed by atoms with E-state index < -0.39 is 0 Å². The molecule has 1 atom stereocenters. The summed E-state index contributed by atoms with van der Waals surface area (Å²) >= 11 is 6.13. The van der Waals surface area contributed by atoms with Crippen molar-refractivity contribution >= 4 is 11.6 Å². The van der Waals surface area contributed by atoms with Gasteiger partial charge in [-0.3, -0.25) is 0 Å². The zero-order valence-corrected chi connectivity index (χ0v) is 10.4. The monoisotopic (exact) mass is 247 g/mol. The minimum absolute atomic E-state index is 0.174. The van der Waals surface area contributed by atoms with E-state index >= 15 is 0 Å². The molecule has 0 aliphatic rings. The highest BCUT2D eigenvalue weighted by Gasteiger charge is 2.08. The fraction of sp³-hybridized carbons (Fsp3) is 0.231. The number of hydrogen-bond acceptors (Lipinski definition) is 3. The molecule has 0 spiro atoms. The van der Waals surface area contributed by atoms with Crippen molar-refractivity contribution < 1.29 is 0 Å². The molecule has 0 bridgehead atoms. The van der Waals surface area contributed by atoms with E-state index in [1.54, 1.807) is 18.5 Å². The van der Waals surface area contributed by atoms with E-state index in [0.29, 0.717) is 6.54 Å². The van der Waals surface area contributed by atoms with Crippen LogP contribution in [-0.4, -0.2) is 9.97 Å². The van der Waals surface area contributed by atoms with Crippen LogP contribution in [0.1, 0.15) is 24.4 Å². The van der Waals surface area contributed by atoms with Crippen LogP contribution in [0.5, 0.6) is 0 Å². The van der Waals surface area contributed by atoms with Crippen LogP contribution in [0.3, 0.4) is 0 Å². The lowest BCUT2D eigenvalue weighted by atomic mass is 10.1. The van der Waals surface area contributed by atoms with Crippen molar-refractivity contribution in [2.24, 2.45) is 0 Å². The van der Waals surface area contributed by atoms with Crippen molar-refractivity contribution in [1.29, 1.82) is 0 Å². The lowest BCUT2D eigenvalue weighted by molar-refractivity contribution is 0.559. The van der Waals surface area contributed by atoms with Gasteiger partial charge < -0.3 is 5.32 Å². The smallest absolute Gasteiger partial charge is 0.141 e. The predicted molar refractivity (Wildman–Crippen MR) is 68.7 cm³/mol. The molecule has 0 radical (unpaired) electrons. The topological polar surface area (TPSA) is 37.8 Å². The van der Waals surface area contributed by atoms with Crippen molar-refractivity contribution in [3.8, 4) is 0 Å². The molecule has 2 aromatic rings. The molecule has 0 saturated heterocycles. The first-order chi connectivity index (χ1) is 8.27. The Morgan fingerprint density at radius 3 is 2.59 bits per heavy atom. The van der Waals surface area contributed by atoms with Gasteiger partial charge in [0.15, 0.2) is 0 Å². The first-order valence-electron chi connectivity index (χ1n) is 5.51. The molecule has 3 nitrogen and oxygen atoms in total. The number of benzene rings is 1. The quantitative estimate of drug-likeness (QED) is 0.903. The van der Waals surface area contributed by atoms with Gasteiger partial charge >= 0.3 is 0 Å². The second-order valence-corrected chi connectivity index (χ2v) is 4.20. The maximum Gasteiger partial charge on any atom is 0.141 e. The summed E-state index contributed by atoms with van der Waals surface area (Å²) in [7, 11) is 0. The summed E-state index contributed by atoms with van der Waals surface area (Å²) < 4.78 is 0. The summed E-state index contributed by atoms with van der Waals surface area (Å²) in [4.78, 5) is 8.32. The molecular formula is C13H14ClN3. The Morgan fingerprint density at radius 2 is 1.88 bits per heavy atom. The first-order valence-corrected chi connectivity index (χ1v) is 5.89. The van der Waals surface area contributed by atoms with Gasteiger partial charge in [-0.2, -0.15) is 0 Å². The van der Waals surface area contributed by atoms with Crippen LogP contribution in [-0.2, 0) is 6.54 Å². The maximum atomic E-state index is 6.13. The molecule has 2 rings (SSSR count). The highest BCUT2D eigenvalue weighted by Crippen LogP contribution is 2.22. The largest absolute Gasteiger partial charge is 0.303 e. The van der Waals surface area contributed by atoms with E-state index in [1.807, 2.05) is 24.3 Å². The van der Waals surface area contributed by atoms with Crippen LogP contribution < -0.4 is 5.32 Å². The van der Waals surface area contributed by atoms with Crippen LogP contribution in [0, 0.1) is 0 Å². The van der Waals surface area contributed by atoms with Crippen molar-refractivity contribution in [1.82, 2.24) is 15.3 Å². The van der Waals surface area contributed by atoms with Gasteiger partial charge in [0.05, 0.1) is 6.54 Å². The van der Waals surface area contributed by atoms with Gasteiger partial charge in [0.2, 0.25) is 0 Å². The highest BCUT2D eigenvalue weighted by atomic mass is 35.5. The fourth-order valence-corrected chi connectivity index (χ4v) is 1.90. The van der Waals surface area contributed by atoms with Crippen molar-refractivity contribution in [2.75, 3.05) is 0 Å². The molecule has 1 heterocycles. The standard InChI is InChI=1S/C13H14ClN3/c1-10(11-5-2-3-6-12(11)14)17-9-13-15-7-4-8-16-13/h2-8,10,17H,9H2,1H3. The Kier molecular flexibility index (Phi) is 4.07. The predicted octanol–water partition coefficient (Wildman–Crippen LogP) is 2.98. The number of hydrogen-bond donors (Lipinski definition) is 1. The molecule has 1 aromatic heterocycles. The number of rotatable bonds is 4. The minimum Gasteiger partial charge on any atom is -0.303 e. The average Bonchev–Trinajstić information content (AvgIpc) is 2.38. The molecule has 0 aliphatic carbocycles. The molecule has 4 heteroatoms. The summed E-state index contributed by atoms with van der Waals surface area (Å²) in [6.07, 6.45) is 3.48. The molecule has 1 N–H and O–H groups in total. The SMILES string of the molecule is CC(NCc1ncccn1)c1ccccc1Cl. The van der Waals surface area contributed by atoms with E-state index in [0.717, 1.165) is 16.4 Å². The fourth-order valence-electron chi connectivity index (χ4n) is 1.60. The van der Waals surface area contributed by atoms with E-state index in [-0.39, 0.29) is 6.04 Å². The zero-order chi connectivity index (χ0) is 12.1. The minimum atomic E-state index is 0.174. The Balaban J connectivity index is 1.99. The molecule has 88 valence electrons. The third-order valence-electron chi connectivity index (χ3n) is 2.56. The van der Waals surface area contributed by atoms with Crippen molar-refractivity contribution in [2.45, 2.75) is 19.5 Å². The lowest BCUT2D eigenvalue weighted by Gasteiger charge is -2.14. The van der Waals surface area contributed by atoms with E-state index in [2.05, 4.69) is 22.2 Å². The number of halogens is 1. The van der Waals surface area contributed by atoms with Crippen molar-refractivity contribution in [3.05, 3.63) is 59.1 Å². The molecule has 1 unspecified atom stereocenters. The third kappa shape index (κ3) is 3.25. The normalized spacial score (nSPS) is 12.4. The number of aromatic nitrogens is 2. The van der Waals surface area contributed by atoms with Crippen molar-refractivity contribution in [3.63, 3.8) is 0 Å². The summed E-state index contributed by atoms with van der Waals surface area (Å²) in [6, 6.07) is 9.81. The van der Waals surface area contributed by atoms with Crippen LogP contribution >= 0.6 is 11.6 Å². The van der Waals surface area contributed by atoms with Gasteiger partial charge in [-0.1, -0.05) is 29.8 Å². The van der Waals surface area contributed by atoms with Crippen LogP contribution in [0.25, 0.3) is 0 Å². The van der Waals surface area contributed by atoms with Crippen LogP contribution in [0.2, 0.25) is 5.02 Å². The Hall–Kier alpha value is -1.45. The molecule has 0 aliphatic heterocycles. The summed E-state index contributed by atoms with van der Waals surface area (Å²) in [5, 5.41) is 4.13. The Morgan fingerprint density at radius 1 is 1.18 bits per heavy atom. The van der Waals surface area contributed by atoms with E-state index in [1.165, 1.54) is 0 Å². The molecule has 17 heavy (non-hydrogen) atoms. The average molecular weight is 248 g/mol. The summed E-state index contributed by atoms with van der Waals surface area (Å²) in [5.41, 5.74) is 1.09. The first kappa shape index (κ1) is 12.0. The second kappa shape index (κ2) is 5.75. The van der Waals surface area contributed by atoms with E-state index in [4.69, 9.17) is 11.6 Å². The zero-order valence-electron chi connectivity index (χ0n) is 9.60. The Labute approximate surface area is 106 Å². The maximum absolute atomic E-state index is 6.13. The highest BCUT2D eigenvalue weighted by molar-refractivity contribution is 6.31. The second-order valence-electron chi connectivity index (χ2n) is 3.79. The third-order valence-corrected chi connectivity index (χ3v) is 2.90. The molecular weight excluding hydrogens is 234 g/mol. The molecule has 0 fully saturated rings. The van der Waals surface area contributed by atoms with E-state index in [9.17, 15) is 0 Å². The lowest BCUT2D eigenvalue weighted by Crippen LogP contribution is -2.19. The summed E-state index contributed by atoms with van der Waals surface area (Å²) in [5.74, 6) is 0.784. The van der Waals surface area contributed by atoms with Gasteiger partial charge in [0.25, 0.3) is 0 Å². The van der Waals surface area contributed by atoms with Crippen LogP contribution in [0.4, 0.5) is 0 Å². The van der Waals surface area contributed by atoms with Gasteiger partial charge in [-0.25, -0.2) is 9.97 Å². The summed E-state index contributed by atoms with van der Waals surface area (Å²) in [6.45, 7) is 2.71.